The van der Waals surface area contributed by atoms with Gasteiger partial charge in [-0.1, -0.05) is 51.8 Å². The van der Waals surface area contributed by atoms with E-state index in [1.54, 1.807) is 0 Å². The first-order valence-electron chi connectivity index (χ1n) is 6.60. The first-order valence-corrected chi connectivity index (χ1v) is 6.60. The maximum Gasteiger partial charge on any atom is 0.0440 e. The molecule has 0 radical (unpaired) electrons. The van der Waals surface area contributed by atoms with Crippen LogP contribution in [0.25, 0.3) is 0 Å². The number of hydrogen-bond acceptors (Lipinski definition) is 1. The minimum atomic E-state index is 0.313. The summed E-state index contributed by atoms with van der Waals surface area (Å²) in [5.74, 6) is 0.642. The lowest BCUT2D eigenvalue weighted by Crippen LogP contribution is -2.38. The Hall–Kier alpha value is -0.980. The van der Waals surface area contributed by atoms with Gasteiger partial charge in [0.05, 0.1) is 0 Å². The van der Waals surface area contributed by atoms with Gasteiger partial charge in [-0.3, -0.25) is 0 Å². The van der Waals surface area contributed by atoms with Crippen molar-refractivity contribution in [3.8, 4) is 0 Å². The van der Waals surface area contributed by atoms with Crippen molar-refractivity contribution in [2.45, 2.75) is 57.9 Å². The van der Waals surface area contributed by atoms with Gasteiger partial charge in [-0.25, -0.2) is 0 Å². The number of nitrogens with one attached hydrogen (secondary N) is 1. The molecule has 16 heavy (non-hydrogen) atoms. The predicted octanol–water partition coefficient (Wildman–Crippen LogP) is 4.55. The van der Waals surface area contributed by atoms with Gasteiger partial charge in [0.25, 0.3) is 0 Å². The Balaban J connectivity index is 2.32. The maximum atomic E-state index is 3.80. The van der Waals surface area contributed by atoms with Crippen LogP contribution < -0.4 is 5.32 Å². The van der Waals surface area contributed by atoms with Gasteiger partial charge >= 0.3 is 0 Å². The van der Waals surface area contributed by atoms with E-state index in [9.17, 15) is 0 Å². The van der Waals surface area contributed by atoms with Crippen LogP contribution in [0, 0.1) is 0 Å². The molecule has 1 atom stereocenters. The zero-order chi connectivity index (χ0) is 11.6. The lowest BCUT2D eigenvalue weighted by Gasteiger charge is -2.34. The van der Waals surface area contributed by atoms with Gasteiger partial charge < -0.3 is 5.32 Å². The second-order valence-electron chi connectivity index (χ2n) is 5.09. The zero-order valence-corrected chi connectivity index (χ0v) is 10.7. The summed E-state index contributed by atoms with van der Waals surface area (Å²) in [6.07, 6.45) is 5.06. The van der Waals surface area contributed by atoms with Crippen molar-refractivity contribution in [2.75, 3.05) is 5.32 Å². The van der Waals surface area contributed by atoms with Crippen molar-refractivity contribution in [1.29, 1.82) is 0 Å². The van der Waals surface area contributed by atoms with Crippen LogP contribution in [0.3, 0.4) is 0 Å². The van der Waals surface area contributed by atoms with E-state index in [0.29, 0.717) is 11.5 Å². The summed E-state index contributed by atoms with van der Waals surface area (Å²) in [7, 11) is 0. The third-order valence-electron chi connectivity index (χ3n) is 4.03. The molecule has 0 amide bonds. The molecule has 0 saturated heterocycles. The molecule has 0 aromatic heterocycles. The van der Waals surface area contributed by atoms with Crippen LogP contribution in [0.15, 0.2) is 24.3 Å². The number of anilines is 1. The Bertz CT molecular complexity index is 350. The summed E-state index contributed by atoms with van der Waals surface area (Å²) in [6, 6.07) is 8.79. The van der Waals surface area contributed by atoms with Gasteiger partial charge in [0.2, 0.25) is 0 Å². The Morgan fingerprint density at radius 3 is 2.31 bits per heavy atom. The van der Waals surface area contributed by atoms with Crippen molar-refractivity contribution in [3.63, 3.8) is 0 Å². The second kappa shape index (κ2) is 4.48. The standard InChI is InChI=1S/C15H23N/c1-4-10-15(11-5-2)12(3)13-8-6-7-9-14(13)16-15/h6-9,12,16H,4-5,10-11H2,1-3H3. The summed E-state index contributed by atoms with van der Waals surface area (Å²) >= 11 is 0. The van der Waals surface area contributed by atoms with E-state index in [1.165, 1.54) is 36.9 Å². The highest BCUT2D eigenvalue weighted by Gasteiger charge is 2.41. The fraction of sp³-hybridized carbons (Fsp3) is 0.600. The Morgan fingerprint density at radius 2 is 1.75 bits per heavy atom. The van der Waals surface area contributed by atoms with Gasteiger partial charge in [-0.2, -0.15) is 0 Å². The van der Waals surface area contributed by atoms with Gasteiger partial charge in [-0.15, -0.1) is 0 Å². The molecule has 1 N–H and O–H groups in total. The molecule has 1 aliphatic rings. The highest BCUT2D eigenvalue weighted by atomic mass is 15.0. The summed E-state index contributed by atoms with van der Waals surface area (Å²) < 4.78 is 0. The topological polar surface area (TPSA) is 12.0 Å². The summed E-state index contributed by atoms with van der Waals surface area (Å²) in [5.41, 5.74) is 3.18. The van der Waals surface area contributed by atoms with Crippen LogP contribution in [0.4, 0.5) is 5.69 Å². The minimum absolute atomic E-state index is 0.313. The van der Waals surface area contributed by atoms with Crippen LogP contribution in [0.2, 0.25) is 0 Å². The molecule has 1 heteroatoms. The summed E-state index contributed by atoms with van der Waals surface area (Å²) in [5, 5.41) is 3.80. The minimum Gasteiger partial charge on any atom is -0.379 e. The number of benzene rings is 1. The molecule has 0 fully saturated rings. The van der Waals surface area contributed by atoms with E-state index in [2.05, 4.69) is 50.4 Å². The lowest BCUT2D eigenvalue weighted by molar-refractivity contribution is 0.354. The quantitative estimate of drug-likeness (QED) is 0.780. The van der Waals surface area contributed by atoms with Gasteiger partial charge in [0.15, 0.2) is 0 Å². The Morgan fingerprint density at radius 1 is 1.12 bits per heavy atom. The van der Waals surface area contributed by atoms with E-state index in [-0.39, 0.29) is 0 Å². The van der Waals surface area contributed by atoms with Crippen molar-refractivity contribution in [1.82, 2.24) is 0 Å². The third-order valence-corrected chi connectivity index (χ3v) is 4.03. The highest BCUT2D eigenvalue weighted by molar-refractivity contribution is 5.61. The third kappa shape index (κ3) is 1.73. The van der Waals surface area contributed by atoms with Gasteiger partial charge in [-0.05, 0) is 24.5 Å². The molecular formula is C15H23N. The van der Waals surface area contributed by atoms with E-state index in [0.717, 1.165) is 0 Å². The fourth-order valence-corrected chi connectivity index (χ4v) is 3.24. The SMILES string of the molecule is CCCC1(CCC)Nc2ccccc2C1C. The Labute approximate surface area is 99.3 Å². The van der Waals surface area contributed by atoms with Crippen molar-refractivity contribution >= 4 is 5.69 Å². The van der Waals surface area contributed by atoms with E-state index in [1.807, 2.05) is 0 Å². The number of hydrogen-bond donors (Lipinski definition) is 1. The van der Waals surface area contributed by atoms with Crippen LogP contribution in [-0.2, 0) is 0 Å². The molecule has 1 aromatic carbocycles. The summed E-state index contributed by atoms with van der Waals surface area (Å²) in [4.78, 5) is 0. The van der Waals surface area contributed by atoms with Crippen molar-refractivity contribution < 1.29 is 0 Å². The fourth-order valence-electron chi connectivity index (χ4n) is 3.24. The van der Waals surface area contributed by atoms with Crippen molar-refractivity contribution in [2.24, 2.45) is 0 Å². The molecule has 0 bridgehead atoms. The van der Waals surface area contributed by atoms with Gasteiger partial charge in [0, 0.05) is 17.1 Å². The maximum absolute atomic E-state index is 3.80. The average molecular weight is 217 g/mol. The summed E-state index contributed by atoms with van der Waals surface area (Å²) in [6.45, 7) is 6.95. The first kappa shape index (κ1) is 11.5. The molecule has 0 saturated carbocycles. The Kier molecular flexibility index (Phi) is 3.22. The van der Waals surface area contributed by atoms with Gasteiger partial charge in [0.1, 0.15) is 0 Å². The van der Waals surface area contributed by atoms with Crippen molar-refractivity contribution in [3.05, 3.63) is 29.8 Å². The second-order valence-corrected chi connectivity index (χ2v) is 5.09. The molecule has 0 spiro atoms. The zero-order valence-electron chi connectivity index (χ0n) is 10.7. The molecule has 1 heterocycles. The molecule has 1 nitrogen and oxygen atoms in total. The van der Waals surface area contributed by atoms with Crippen LogP contribution >= 0.6 is 0 Å². The van der Waals surface area contributed by atoms with E-state index in [4.69, 9.17) is 0 Å². The molecular weight excluding hydrogens is 194 g/mol. The van der Waals surface area contributed by atoms with E-state index < -0.39 is 0 Å². The number of rotatable bonds is 4. The van der Waals surface area contributed by atoms with Crippen LogP contribution in [0.5, 0.6) is 0 Å². The molecule has 1 aliphatic heterocycles. The normalized spacial score (nSPS) is 21.6. The number of para-hydroxylation sites is 1. The molecule has 0 aliphatic carbocycles. The lowest BCUT2D eigenvalue weighted by atomic mass is 9.78. The molecule has 1 unspecified atom stereocenters. The van der Waals surface area contributed by atoms with Crippen LogP contribution in [-0.4, -0.2) is 5.54 Å². The molecule has 88 valence electrons. The molecule has 1 aromatic rings. The monoisotopic (exact) mass is 217 g/mol. The highest BCUT2D eigenvalue weighted by Crippen LogP contribution is 2.46. The van der Waals surface area contributed by atoms with Crippen LogP contribution in [0.1, 0.15) is 57.9 Å². The first-order chi connectivity index (χ1) is 7.73. The largest absolute Gasteiger partial charge is 0.379 e. The number of fused-ring (bicyclic) bond motifs is 1. The average Bonchev–Trinajstić information content (AvgIpc) is 2.54. The predicted molar refractivity (Wildman–Crippen MR) is 71.0 cm³/mol. The smallest absolute Gasteiger partial charge is 0.0440 e. The van der Waals surface area contributed by atoms with E-state index >= 15 is 0 Å². The molecule has 2 rings (SSSR count).